The summed E-state index contributed by atoms with van der Waals surface area (Å²) in [6.45, 7) is 0. The monoisotopic (exact) mass is 291 g/mol. The molecule has 0 amide bonds. The Bertz CT molecular complexity index is 632. The van der Waals surface area contributed by atoms with Crippen molar-refractivity contribution in [3.05, 3.63) is 30.2 Å². The van der Waals surface area contributed by atoms with Gasteiger partial charge in [-0.25, -0.2) is 4.39 Å². The lowest BCUT2D eigenvalue weighted by Gasteiger charge is -2.17. The number of anilines is 2. The Morgan fingerprint density at radius 3 is 3.05 bits per heavy atom. The number of nitrogen functional groups attached to an aromatic ring is 1. The van der Waals surface area contributed by atoms with Crippen molar-refractivity contribution in [3.8, 4) is 0 Å². The summed E-state index contributed by atoms with van der Waals surface area (Å²) in [5.74, 6) is -0.318. The van der Waals surface area contributed by atoms with E-state index in [1.54, 1.807) is 6.20 Å². The van der Waals surface area contributed by atoms with E-state index in [0.717, 1.165) is 18.2 Å². The molecule has 0 aliphatic heterocycles. The summed E-state index contributed by atoms with van der Waals surface area (Å²) in [5, 5.41) is 4.81. The van der Waals surface area contributed by atoms with Gasteiger partial charge >= 0.3 is 0 Å². The van der Waals surface area contributed by atoms with E-state index in [4.69, 9.17) is 5.73 Å². The van der Waals surface area contributed by atoms with Gasteiger partial charge in [-0.2, -0.15) is 11.8 Å². The molecule has 2 unspecified atom stereocenters. The van der Waals surface area contributed by atoms with Gasteiger partial charge in [0, 0.05) is 28.6 Å². The molecule has 1 heterocycles. The first-order valence-electron chi connectivity index (χ1n) is 6.81. The fraction of sp³-hybridized carbons (Fsp3) is 0.400. The Hall–Kier alpha value is -1.49. The number of nitrogens with one attached hydrogen (secondary N) is 1. The third kappa shape index (κ3) is 2.42. The molecule has 20 heavy (non-hydrogen) atoms. The number of pyridine rings is 1. The number of nitrogens with two attached hydrogens (primary N) is 1. The van der Waals surface area contributed by atoms with E-state index in [1.165, 1.54) is 12.5 Å². The van der Waals surface area contributed by atoms with Crippen LogP contribution in [0.1, 0.15) is 19.3 Å². The Kier molecular flexibility index (Phi) is 3.70. The standard InChI is InChI=1S/C15H18FN3S/c1-20-10-5-4-9(7-10)19-15-12(16)8-13(17)11-3-2-6-18-14(11)15/h2-3,6,8-10,19H,4-5,7,17H2,1H3. The summed E-state index contributed by atoms with van der Waals surface area (Å²) in [6.07, 6.45) is 7.13. The zero-order valence-corrected chi connectivity index (χ0v) is 12.2. The highest BCUT2D eigenvalue weighted by atomic mass is 32.2. The molecule has 1 aromatic heterocycles. The second kappa shape index (κ2) is 5.48. The lowest BCUT2D eigenvalue weighted by molar-refractivity contribution is 0.626. The lowest BCUT2D eigenvalue weighted by atomic mass is 10.1. The quantitative estimate of drug-likeness (QED) is 0.848. The summed E-state index contributed by atoms with van der Waals surface area (Å²) in [6, 6.07) is 5.39. The molecule has 5 heteroatoms. The Morgan fingerprint density at radius 1 is 1.45 bits per heavy atom. The van der Waals surface area contributed by atoms with Crippen LogP contribution in [0.2, 0.25) is 0 Å². The smallest absolute Gasteiger partial charge is 0.150 e. The third-order valence-corrected chi connectivity index (χ3v) is 5.04. The number of nitrogens with zero attached hydrogens (tertiary/aromatic N) is 1. The molecule has 1 aliphatic carbocycles. The molecule has 0 spiro atoms. The van der Waals surface area contributed by atoms with Crippen molar-refractivity contribution < 1.29 is 4.39 Å². The number of hydrogen-bond acceptors (Lipinski definition) is 4. The van der Waals surface area contributed by atoms with E-state index >= 15 is 0 Å². The van der Waals surface area contributed by atoms with Crippen LogP contribution in [0.5, 0.6) is 0 Å². The molecule has 0 saturated heterocycles. The minimum absolute atomic E-state index is 0.316. The minimum atomic E-state index is -0.318. The van der Waals surface area contributed by atoms with E-state index in [9.17, 15) is 4.39 Å². The fourth-order valence-corrected chi connectivity index (χ4v) is 3.66. The van der Waals surface area contributed by atoms with Gasteiger partial charge in [0.2, 0.25) is 0 Å². The van der Waals surface area contributed by atoms with Gasteiger partial charge < -0.3 is 11.1 Å². The highest BCUT2D eigenvalue weighted by Gasteiger charge is 2.25. The molecule has 3 rings (SSSR count). The first-order chi connectivity index (χ1) is 9.69. The molecule has 1 aliphatic rings. The number of halogens is 1. The average Bonchev–Trinajstić information content (AvgIpc) is 2.91. The van der Waals surface area contributed by atoms with E-state index in [-0.39, 0.29) is 5.82 Å². The second-order valence-electron chi connectivity index (χ2n) is 5.23. The first-order valence-corrected chi connectivity index (χ1v) is 8.10. The predicted octanol–water partition coefficient (Wildman–Crippen LogP) is 3.65. The Morgan fingerprint density at radius 2 is 2.30 bits per heavy atom. The molecule has 1 aromatic carbocycles. The minimum Gasteiger partial charge on any atom is -0.398 e. The summed E-state index contributed by atoms with van der Waals surface area (Å²) >= 11 is 1.89. The highest BCUT2D eigenvalue weighted by molar-refractivity contribution is 7.99. The number of thioether (sulfide) groups is 1. The van der Waals surface area contributed by atoms with Gasteiger partial charge in [0.15, 0.2) is 5.82 Å². The molecular weight excluding hydrogens is 273 g/mol. The van der Waals surface area contributed by atoms with E-state index < -0.39 is 0 Å². The fourth-order valence-electron chi connectivity index (χ4n) is 2.86. The topological polar surface area (TPSA) is 50.9 Å². The van der Waals surface area contributed by atoms with Gasteiger partial charge in [-0.1, -0.05) is 0 Å². The molecule has 2 atom stereocenters. The van der Waals surface area contributed by atoms with Crippen LogP contribution in [0.3, 0.4) is 0 Å². The van der Waals surface area contributed by atoms with Crippen LogP contribution in [0, 0.1) is 5.82 Å². The van der Waals surface area contributed by atoms with Crippen LogP contribution in [0.15, 0.2) is 24.4 Å². The van der Waals surface area contributed by atoms with Crippen LogP contribution < -0.4 is 11.1 Å². The van der Waals surface area contributed by atoms with Crippen molar-refractivity contribution in [2.75, 3.05) is 17.3 Å². The number of aromatic nitrogens is 1. The maximum atomic E-state index is 14.2. The van der Waals surface area contributed by atoms with Gasteiger partial charge in [0.25, 0.3) is 0 Å². The molecule has 3 nitrogen and oxygen atoms in total. The van der Waals surface area contributed by atoms with Crippen molar-refractivity contribution in [1.29, 1.82) is 0 Å². The molecular formula is C15H18FN3S. The van der Waals surface area contributed by atoms with Crippen LogP contribution >= 0.6 is 11.8 Å². The van der Waals surface area contributed by atoms with E-state index in [0.29, 0.717) is 28.2 Å². The summed E-state index contributed by atoms with van der Waals surface area (Å²) in [7, 11) is 0. The summed E-state index contributed by atoms with van der Waals surface area (Å²) < 4.78 is 14.2. The van der Waals surface area contributed by atoms with Gasteiger partial charge in [-0.15, -0.1) is 0 Å². The molecule has 1 fully saturated rings. The van der Waals surface area contributed by atoms with Crippen molar-refractivity contribution in [2.45, 2.75) is 30.6 Å². The largest absolute Gasteiger partial charge is 0.398 e. The molecule has 1 saturated carbocycles. The van der Waals surface area contributed by atoms with Gasteiger partial charge in [-0.3, -0.25) is 4.98 Å². The molecule has 106 valence electrons. The summed E-state index contributed by atoms with van der Waals surface area (Å²) in [4.78, 5) is 4.30. The SMILES string of the molecule is CSC1CCC(Nc2c(F)cc(N)c3cccnc23)C1. The highest BCUT2D eigenvalue weighted by Crippen LogP contribution is 2.34. The van der Waals surface area contributed by atoms with Gasteiger partial charge in [0.05, 0.1) is 11.2 Å². The van der Waals surface area contributed by atoms with Crippen molar-refractivity contribution in [2.24, 2.45) is 0 Å². The van der Waals surface area contributed by atoms with Gasteiger partial charge in [-0.05, 0) is 43.7 Å². The second-order valence-corrected chi connectivity index (χ2v) is 6.37. The molecule has 0 bridgehead atoms. The number of rotatable bonds is 3. The van der Waals surface area contributed by atoms with Crippen molar-refractivity contribution >= 4 is 34.0 Å². The number of benzene rings is 1. The Labute approximate surface area is 122 Å². The maximum Gasteiger partial charge on any atom is 0.150 e. The lowest BCUT2D eigenvalue weighted by Crippen LogP contribution is -2.17. The normalized spacial score (nSPS) is 22.3. The van der Waals surface area contributed by atoms with Crippen LogP contribution in [-0.4, -0.2) is 22.5 Å². The number of fused-ring (bicyclic) bond motifs is 1. The molecule has 3 N–H and O–H groups in total. The van der Waals surface area contributed by atoms with Crippen LogP contribution in [-0.2, 0) is 0 Å². The van der Waals surface area contributed by atoms with Crippen LogP contribution in [0.4, 0.5) is 15.8 Å². The average molecular weight is 291 g/mol. The zero-order chi connectivity index (χ0) is 14.1. The Balaban J connectivity index is 1.95. The third-order valence-electron chi connectivity index (χ3n) is 3.94. The van der Waals surface area contributed by atoms with Crippen molar-refractivity contribution in [1.82, 2.24) is 4.98 Å². The molecule has 2 aromatic rings. The van der Waals surface area contributed by atoms with E-state index in [1.807, 2.05) is 23.9 Å². The number of hydrogen-bond donors (Lipinski definition) is 2. The summed E-state index contributed by atoms with van der Waals surface area (Å²) in [5.41, 5.74) is 7.41. The molecule has 0 radical (unpaired) electrons. The van der Waals surface area contributed by atoms with Gasteiger partial charge in [0.1, 0.15) is 0 Å². The maximum absolute atomic E-state index is 14.2. The zero-order valence-electron chi connectivity index (χ0n) is 11.4. The predicted molar refractivity (Wildman–Crippen MR) is 84.7 cm³/mol. The van der Waals surface area contributed by atoms with Crippen LogP contribution in [0.25, 0.3) is 10.9 Å². The van der Waals surface area contributed by atoms with E-state index in [2.05, 4.69) is 16.6 Å². The first kappa shape index (κ1) is 13.5. The van der Waals surface area contributed by atoms with Crippen molar-refractivity contribution in [3.63, 3.8) is 0 Å².